The zero-order valence-corrected chi connectivity index (χ0v) is 10.5. The van der Waals surface area contributed by atoms with E-state index in [0.717, 1.165) is 32.5 Å². The van der Waals surface area contributed by atoms with Gasteiger partial charge >= 0.3 is 0 Å². The number of ether oxygens (including phenoxy) is 1. The van der Waals surface area contributed by atoms with E-state index in [9.17, 15) is 0 Å². The Balaban J connectivity index is 3.16. The van der Waals surface area contributed by atoms with Crippen molar-refractivity contribution >= 4 is 0 Å². The second-order valence-corrected chi connectivity index (χ2v) is 4.77. The Bertz CT molecular complexity index is 181. The van der Waals surface area contributed by atoms with Crippen molar-refractivity contribution in [2.24, 2.45) is 5.41 Å². The molecule has 0 fully saturated rings. The van der Waals surface area contributed by atoms with Crippen molar-refractivity contribution in [2.75, 3.05) is 13.2 Å². The summed E-state index contributed by atoms with van der Waals surface area (Å²) in [4.78, 5) is 0. The molecule has 0 amide bonds. The minimum absolute atomic E-state index is 0.164. The molecular formula is C13H25NO. The molecular weight excluding hydrogens is 186 g/mol. The Morgan fingerprint density at radius 3 is 2.20 bits per heavy atom. The van der Waals surface area contributed by atoms with Crippen LogP contribution in [-0.4, -0.2) is 13.2 Å². The Hall–Kier alpha value is -0.550. The molecule has 0 saturated heterocycles. The predicted molar refractivity (Wildman–Crippen MR) is 63.6 cm³/mol. The van der Waals surface area contributed by atoms with Crippen LogP contribution in [0.2, 0.25) is 0 Å². The van der Waals surface area contributed by atoms with E-state index in [1.165, 1.54) is 19.3 Å². The van der Waals surface area contributed by atoms with E-state index in [1.54, 1.807) is 0 Å². The first-order valence-corrected chi connectivity index (χ1v) is 6.11. The molecule has 0 aromatic carbocycles. The Morgan fingerprint density at radius 2 is 1.67 bits per heavy atom. The molecule has 0 bridgehead atoms. The second kappa shape index (κ2) is 8.73. The van der Waals surface area contributed by atoms with Gasteiger partial charge in [-0.15, -0.1) is 0 Å². The van der Waals surface area contributed by atoms with Crippen LogP contribution in [0.4, 0.5) is 0 Å². The minimum atomic E-state index is -0.164. The third kappa shape index (κ3) is 9.75. The smallest absolute Gasteiger partial charge is 0.0683 e. The number of nitrogens with zero attached hydrogens (tertiary/aromatic N) is 1. The van der Waals surface area contributed by atoms with Crippen molar-refractivity contribution in [3.05, 3.63) is 0 Å². The van der Waals surface area contributed by atoms with Gasteiger partial charge in [0.2, 0.25) is 0 Å². The molecule has 0 spiro atoms. The molecule has 0 radical (unpaired) electrons. The van der Waals surface area contributed by atoms with E-state index in [4.69, 9.17) is 10.00 Å². The summed E-state index contributed by atoms with van der Waals surface area (Å²) < 4.78 is 5.50. The molecule has 0 atom stereocenters. The Morgan fingerprint density at radius 1 is 1.07 bits per heavy atom. The highest BCUT2D eigenvalue weighted by molar-refractivity contribution is 4.91. The van der Waals surface area contributed by atoms with Crippen molar-refractivity contribution in [1.29, 1.82) is 5.26 Å². The van der Waals surface area contributed by atoms with Gasteiger partial charge < -0.3 is 4.74 Å². The fourth-order valence-corrected chi connectivity index (χ4v) is 1.38. The van der Waals surface area contributed by atoms with E-state index in [1.807, 2.05) is 13.8 Å². The molecule has 0 aromatic heterocycles. The molecule has 0 N–H and O–H groups in total. The van der Waals surface area contributed by atoms with Gasteiger partial charge in [0, 0.05) is 13.2 Å². The summed E-state index contributed by atoms with van der Waals surface area (Å²) in [5, 5.41) is 8.81. The summed E-state index contributed by atoms with van der Waals surface area (Å²) in [5.74, 6) is 0. The third-order valence-corrected chi connectivity index (χ3v) is 2.54. The summed E-state index contributed by atoms with van der Waals surface area (Å²) in [6, 6.07) is 2.32. The topological polar surface area (TPSA) is 33.0 Å². The molecule has 0 heterocycles. The van der Waals surface area contributed by atoms with Gasteiger partial charge in [-0.2, -0.15) is 5.26 Å². The number of nitriles is 1. The highest BCUT2D eigenvalue weighted by atomic mass is 16.5. The van der Waals surface area contributed by atoms with Gasteiger partial charge in [-0.25, -0.2) is 0 Å². The SMILES string of the molecule is CCCCCOCCCCC(C)(C)C#N. The molecule has 2 heteroatoms. The van der Waals surface area contributed by atoms with E-state index in [2.05, 4.69) is 13.0 Å². The lowest BCUT2D eigenvalue weighted by molar-refractivity contribution is 0.124. The van der Waals surface area contributed by atoms with Crippen LogP contribution in [0.15, 0.2) is 0 Å². The quantitative estimate of drug-likeness (QED) is 0.542. The molecule has 0 rings (SSSR count). The molecule has 88 valence electrons. The van der Waals surface area contributed by atoms with Crippen molar-refractivity contribution in [2.45, 2.75) is 59.3 Å². The van der Waals surface area contributed by atoms with Gasteiger partial charge in [0.25, 0.3) is 0 Å². The summed E-state index contributed by atoms with van der Waals surface area (Å²) in [6.07, 6.45) is 6.84. The summed E-state index contributed by atoms with van der Waals surface area (Å²) in [5.41, 5.74) is -0.164. The molecule has 0 saturated carbocycles. The minimum Gasteiger partial charge on any atom is -0.381 e. The first-order valence-electron chi connectivity index (χ1n) is 6.11. The lowest BCUT2D eigenvalue weighted by Gasteiger charge is -2.14. The number of hydrogen-bond donors (Lipinski definition) is 0. The zero-order chi connectivity index (χ0) is 11.6. The Kier molecular flexibility index (Phi) is 8.41. The summed E-state index contributed by atoms with van der Waals surface area (Å²) in [6.45, 7) is 7.94. The highest BCUT2D eigenvalue weighted by Gasteiger charge is 2.15. The average Bonchev–Trinajstić information content (AvgIpc) is 2.22. The predicted octanol–water partition coefficient (Wildman–Crippen LogP) is 3.91. The van der Waals surface area contributed by atoms with E-state index >= 15 is 0 Å². The third-order valence-electron chi connectivity index (χ3n) is 2.54. The van der Waals surface area contributed by atoms with E-state index in [0.29, 0.717) is 0 Å². The molecule has 0 unspecified atom stereocenters. The van der Waals surface area contributed by atoms with Crippen LogP contribution >= 0.6 is 0 Å². The van der Waals surface area contributed by atoms with Crippen molar-refractivity contribution < 1.29 is 4.74 Å². The maximum absolute atomic E-state index is 8.81. The van der Waals surface area contributed by atoms with Crippen LogP contribution in [0, 0.1) is 16.7 Å². The zero-order valence-electron chi connectivity index (χ0n) is 10.5. The largest absolute Gasteiger partial charge is 0.381 e. The Labute approximate surface area is 94.6 Å². The standard InChI is InChI=1S/C13H25NO/c1-4-5-7-10-15-11-8-6-9-13(2,3)12-14/h4-11H2,1-3H3. The first kappa shape index (κ1) is 14.5. The summed E-state index contributed by atoms with van der Waals surface area (Å²) >= 11 is 0. The monoisotopic (exact) mass is 211 g/mol. The van der Waals surface area contributed by atoms with E-state index < -0.39 is 0 Å². The number of hydrogen-bond acceptors (Lipinski definition) is 2. The first-order chi connectivity index (χ1) is 7.12. The van der Waals surface area contributed by atoms with Crippen LogP contribution in [0.3, 0.4) is 0 Å². The average molecular weight is 211 g/mol. The molecule has 0 aliphatic heterocycles. The van der Waals surface area contributed by atoms with Crippen molar-refractivity contribution in [3.63, 3.8) is 0 Å². The van der Waals surface area contributed by atoms with Gasteiger partial charge in [-0.05, 0) is 39.5 Å². The summed E-state index contributed by atoms with van der Waals surface area (Å²) in [7, 11) is 0. The van der Waals surface area contributed by atoms with Crippen molar-refractivity contribution in [1.82, 2.24) is 0 Å². The van der Waals surface area contributed by atoms with Crippen LogP contribution < -0.4 is 0 Å². The van der Waals surface area contributed by atoms with Gasteiger partial charge in [0.05, 0.1) is 11.5 Å². The molecule has 0 aliphatic carbocycles. The molecule has 15 heavy (non-hydrogen) atoms. The lowest BCUT2D eigenvalue weighted by Crippen LogP contribution is -2.08. The maximum atomic E-state index is 8.81. The molecule has 0 aromatic rings. The molecule has 0 aliphatic rings. The van der Waals surface area contributed by atoms with Crippen LogP contribution in [0.25, 0.3) is 0 Å². The van der Waals surface area contributed by atoms with Gasteiger partial charge in [-0.1, -0.05) is 19.8 Å². The normalized spacial score (nSPS) is 11.3. The molecule has 2 nitrogen and oxygen atoms in total. The number of rotatable bonds is 9. The van der Waals surface area contributed by atoms with Crippen LogP contribution in [0.5, 0.6) is 0 Å². The number of unbranched alkanes of at least 4 members (excludes halogenated alkanes) is 3. The van der Waals surface area contributed by atoms with Crippen molar-refractivity contribution in [3.8, 4) is 6.07 Å². The highest BCUT2D eigenvalue weighted by Crippen LogP contribution is 2.21. The van der Waals surface area contributed by atoms with Gasteiger partial charge in [0.15, 0.2) is 0 Å². The van der Waals surface area contributed by atoms with Crippen LogP contribution in [-0.2, 0) is 4.74 Å². The fraction of sp³-hybridized carbons (Fsp3) is 0.923. The van der Waals surface area contributed by atoms with Gasteiger partial charge in [0.1, 0.15) is 0 Å². The fourth-order valence-electron chi connectivity index (χ4n) is 1.38. The van der Waals surface area contributed by atoms with Gasteiger partial charge in [-0.3, -0.25) is 0 Å². The second-order valence-electron chi connectivity index (χ2n) is 4.77. The lowest BCUT2D eigenvalue weighted by atomic mass is 9.89. The maximum Gasteiger partial charge on any atom is 0.0683 e. The van der Waals surface area contributed by atoms with E-state index in [-0.39, 0.29) is 5.41 Å². The van der Waals surface area contributed by atoms with Crippen LogP contribution in [0.1, 0.15) is 59.3 Å².